The van der Waals surface area contributed by atoms with Crippen molar-refractivity contribution in [3.8, 4) is 0 Å². The van der Waals surface area contributed by atoms with Crippen LogP contribution < -0.4 is 5.73 Å². The van der Waals surface area contributed by atoms with Crippen LogP contribution in [0.15, 0.2) is 10.6 Å². The number of carbonyl (C=O) groups is 1. The molecule has 1 aromatic heterocycles. The zero-order valence-corrected chi connectivity index (χ0v) is 6.65. The first-order valence-electron chi connectivity index (χ1n) is 3.51. The molecule has 0 radical (unpaired) electrons. The Morgan fingerprint density at radius 3 is 2.92 bits per heavy atom. The van der Waals surface area contributed by atoms with Crippen molar-refractivity contribution in [3.63, 3.8) is 0 Å². The van der Waals surface area contributed by atoms with E-state index in [-0.39, 0.29) is 6.54 Å². The second-order valence-corrected chi connectivity index (χ2v) is 2.49. The summed E-state index contributed by atoms with van der Waals surface area (Å²) in [6.45, 7) is 1.73. The van der Waals surface area contributed by atoms with E-state index in [1.807, 2.05) is 0 Å². The lowest BCUT2D eigenvalue weighted by molar-refractivity contribution is -0.138. The fourth-order valence-corrected chi connectivity index (χ4v) is 0.898. The summed E-state index contributed by atoms with van der Waals surface area (Å²) in [4.78, 5) is 10.6. The third-order valence-electron chi connectivity index (χ3n) is 1.54. The molecule has 1 aromatic rings. The molecule has 0 fully saturated rings. The van der Waals surface area contributed by atoms with Crippen molar-refractivity contribution in [2.75, 3.05) is 6.54 Å². The maximum Gasteiger partial charge on any atom is 0.314 e. The van der Waals surface area contributed by atoms with Crippen LogP contribution in [0.4, 0.5) is 0 Å². The molecule has 0 aliphatic rings. The van der Waals surface area contributed by atoms with Crippen LogP contribution in [0.25, 0.3) is 0 Å². The second kappa shape index (κ2) is 3.36. The molecule has 0 spiro atoms. The average Bonchev–Trinajstić information content (AvgIpc) is 2.37. The van der Waals surface area contributed by atoms with Gasteiger partial charge in [-0.2, -0.15) is 0 Å². The molecule has 0 bridgehead atoms. The number of aromatic nitrogens is 1. The van der Waals surface area contributed by atoms with Gasteiger partial charge < -0.3 is 15.4 Å². The Morgan fingerprint density at radius 2 is 2.58 bits per heavy atom. The zero-order valence-electron chi connectivity index (χ0n) is 6.65. The Morgan fingerprint density at radius 1 is 1.92 bits per heavy atom. The van der Waals surface area contributed by atoms with Gasteiger partial charge in [0.05, 0.1) is 5.69 Å². The van der Waals surface area contributed by atoms with Gasteiger partial charge in [-0.1, -0.05) is 5.16 Å². The number of hydrogen-bond acceptors (Lipinski definition) is 4. The predicted octanol–water partition coefficient (Wildman–Crippen LogP) is 0.110. The molecule has 3 N–H and O–H groups in total. The van der Waals surface area contributed by atoms with Gasteiger partial charge in [-0.05, 0) is 6.92 Å². The van der Waals surface area contributed by atoms with Crippen molar-refractivity contribution in [1.82, 2.24) is 5.16 Å². The molecule has 5 heteroatoms. The first kappa shape index (κ1) is 8.73. The van der Waals surface area contributed by atoms with Crippen molar-refractivity contribution in [1.29, 1.82) is 0 Å². The highest BCUT2D eigenvalue weighted by Gasteiger charge is 2.21. The number of carboxylic acids is 1. The van der Waals surface area contributed by atoms with Crippen LogP contribution in [-0.4, -0.2) is 22.8 Å². The number of carboxylic acid groups (broad SMARTS) is 1. The normalized spacial score (nSPS) is 12.8. The maximum atomic E-state index is 10.6. The molecule has 0 saturated carbocycles. The van der Waals surface area contributed by atoms with E-state index in [1.165, 1.54) is 0 Å². The molecule has 5 nitrogen and oxygen atoms in total. The molecule has 0 saturated heterocycles. The molecular weight excluding hydrogens is 160 g/mol. The Bertz CT molecular complexity index is 282. The van der Waals surface area contributed by atoms with Crippen LogP contribution in [0.1, 0.15) is 17.4 Å². The third-order valence-corrected chi connectivity index (χ3v) is 1.54. The molecule has 12 heavy (non-hydrogen) atoms. The summed E-state index contributed by atoms with van der Waals surface area (Å²) < 4.78 is 4.73. The molecule has 1 rings (SSSR count). The third kappa shape index (κ3) is 1.62. The lowest BCUT2D eigenvalue weighted by Crippen LogP contribution is -2.21. The molecule has 1 heterocycles. The molecule has 1 atom stereocenters. The second-order valence-electron chi connectivity index (χ2n) is 2.49. The number of aliphatic carboxylic acids is 1. The van der Waals surface area contributed by atoms with Crippen molar-refractivity contribution in [3.05, 3.63) is 17.5 Å². The summed E-state index contributed by atoms with van der Waals surface area (Å²) in [5.41, 5.74) is 5.63. The highest BCUT2D eigenvalue weighted by molar-refractivity contribution is 5.75. The molecule has 0 aromatic carbocycles. The van der Waals surface area contributed by atoms with Crippen LogP contribution in [0.3, 0.4) is 0 Å². The Balaban J connectivity index is 2.87. The van der Waals surface area contributed by atoms with E-state index in [0.29, 0.717) is 11.5 Å². The SMILES string of the molecule is Cc1cc(C(CN)C(=O)O)no1. The molecule has 0 aliphatic heterocycles. The zero-order chi connectivity index (χ0) is 9.14. The molecular formula is C7H10N2O3. The molecule has 1 unspecified atom stereocenters. The lowest BCUT2D eigenvalue weighted by atomic mass is 10.1. The van der Waals surface area contributed by atoms with Gasteiger partial charge in [0.15, 0.2) is 0 Å². The monoisotopic (exact) mass is 170 g/mol. The van der Waals surface area contributed by atoms with E-state index in [4.69, 9.17) is 15.4 Å². The molecule has 66 valence electrons. The van der Waals surface area contributed by atoms with Gasteiger partial charge in [-0.15, -0.1) is 0 Å². The van der Waals surface area contributed by atoms with Gasteiger partial charge in [0.2, 0.25) is 0 Å². The summed E-state index contributed by atoms with van der Waals surface area (Å²) >= 11 is 0. The number of aryl methyl sites for hydroxylation is 1. The van der Waals surface area contributed by atoms with Crippen molar-refractivity contribution in [2.24, 2.45) is 5.73 Å². The maximum absolute atomic E-state index is 10.6. The minimum atomic E-state index is -0.981. The first-order chi connectivity index (χ1) is 5.65. The number of rotatable bonds is 3. The van der Waals surface area contributed by atoms with E-state index in [2.05, 4.69) is 5.16 Å². The molecule has 0 amide bonds. The Kier molecular flexibility index (Phi) is 2.44. The standard InChI is InChI=1S/C7H10N2O3/c1-4-2-6(9-12-4)5(3-8)7(10)11/h2,5H,3,8H2,1H3,(H,10,11). The van der Waals surface area contributed by atoms with Gasteiger partial charge >= 0.3 is 5.97 Å². The van der Waals surface area contributed by atoms with Crippen LogP contribution in [-0.2, 0) is 4.79 Å². The highest BCUT2D eigenvalue weighted by Crippen LogP contribution is 2.13. The van der Waals surface area contributed by atoms with Gasteiger partial charge in [-0.25, -0.2) is 0 Å². The highest BCUT2D eigenvalue weighted by atomic mass is 16.5. The smallest absolute Gasteiger partial charge is 0.314 e. The van der Waals surface area contributed by atoms with Crippen LogP contribution in [0, 0.1) is 6.92 Å². The van der Waals surface area contributed by atoms with Crippen LogP contribution in [0.2, 0.25) is 0 Å². The summed E-state index contributed by atoms with van der Waals surface area (Å²) in [6, 6.07) is 1.58. The van der Waals surface area contributed by atoms with E-state index in [1.54, 1.807) is 13.0 Å². The van der Waals surface area contributed by atoms with Crippen LogP contribution >= 0.6 is 0 Å². The average molecular weight is 170 g/mol. The largest absolute Gasteiger partial charge is 0.481 e. The predicted molar refractivity (Wildman–Crippen MR) is 40.7 cm³/mol. The van der Waals surface area contributed by atoms with E-state index in [9.17, 15) is 4.79 Å². The number of nitrogens with two attached hydrogens (primary N) is 1. The summed E-state index contributed by atoms with van der Waals surface area (Å²) in [5.74, 6) is -1.15. The lowest BCUT2D eigenvalue weighted by Gasteiger charge is -2.02. The van der Waals surface area contributed by atoms with Gasteiger partial charge in [0, 0.05) is 12.6 Å². The van der Waals surface area contributed by atoms with E-state index < -0.39 is 11.9 Å². The van der Waals surface area contributed by atoms with Gasteiger partial charge in [-0.3, -0.25) is 4.79 Å². The molecule has 0 aliphatic carbocycles. The van der Waals surface area contributed by atoms with Crippen molar-refractivity contribution < 1.29 is 14.4 Å². The fraction of sp³-hybridized carbons (Fsp3) is 0.429. The van der Waals surface area contributed by atoms with E-state index in [0.717, 1.165) is 0 Å². The van der Waals surface area contributed by atoms with Crippen molar-refractivity contribution in [2.45, 2.75) is 12.8 Å². The van der Waals surface area contributed by atoms with Gasteiger partial charge in [0.1, 0.15) is 11.7 Å². The van der Waals surface area contributed by atoms with Crippen molar-refractivity contribution >= 4 is 5.97 Å². The fourth-order valence-electron chi connectivity index (χ4n) is 0.898. The Hall–Kier alpha value is -1.36. The summed E-state index contributed by atoms with van der Waals surface area (Å²) in [5, 5.41) is 12.2. The topological polar surface area (TPSA) is 89.4 Å². The summed E-state index contributed by atoms with van der Waals surface area (Å²) in [6.07, 6.45) is 0. The van der Waals surface area contributed by atoms with E-state index >= 15 is 0 Å². The van der Waals surface area contributed by atoms with Crippen LogP contribution in [0.5, 0.6) is 0 Å². The minimum absolute atomic E-state index is 0.0291. The first-order valence-corrected chi connectivity index (χ1v) is 3.51. The quantitative estimate of drug-likeness (QED) is 0.672. The van der Waals surface area contributed by atoms with Gasteiger partial charge in [0.25, 0.3) is 0 Å². The minimum Gasteiger partial charge on any atom is -0.481 e. The number of hydrogen-bond donors (Lipinski definition) is 2. The number of nitrogens with zero attached hydrogens (tertiary/aromatic N) is 1. The Labute approximate surface area is 69.2 Å². The summed E-state index contributed by atoms with van der Waals surface area (Å²) in [7, 11) is 0.